The minimum absolute atomic E-state index is 0.421. The first-order valence-electron chi connectivity index (χ1n) is 9.38. The highest BCUT2D eigenvalue weighted by atomic mass is 16.5. The lowest BCUT2D eigenvalue weighted by molar-refractivity contribution is -0.117. The number of ether oxygens (including phenoxy) is 3. The van der Waals surface area contributed by atoms with Gasteiger partial charge in [-0.15, -0.1) is 0 Å². The van der Waals surface area contributed by atoms with Gasteiger partial charge in [0.05, 0.1) is 32.6 Å². The number of methoxy groups -OCH3 is 3. The molecule has 0 unspecified atom stereocenters. The summed E-state index contributed by atoms with van der Waals surface area (Å²) in [7, 11) is 4.56. The molecule has 2 N–H and O–H groups in total. The van der Waals surface area contributed by atoms with E-state index in [9.17, 15) is 9.59 Å². The minimum Gasteiger partial charge on any atom is -0.496 e. The number of hydrazine groups is 1. The molecule has 1 aromatic heterocycles. The second-order valence-electron chi connectivity index (χ2n) is 6.33. The van der Waals surface area contributed by atoms with E-state index in [0.717, 1.165) is 0 Å². The molecule has 8 heteroatoms. The molecule has 0 aliphatic rings. The van der Waals surface area contributed by atoms with Crippen molar-refractivity contribution in [1.82, 2.24) is 15.4 Å². The Balaban J connectivity index is 1.69. The minimum atomic E-state index is -0.511. The third-order valence-electron chi connectivity index (χ3n) is 4.48. The smallest absolute Gasteiger partial charge is 0.271 e. The van der Waals surface area contributed by atoms with Crippen LogP contribution >= 0.6 is 0 Å². The zero-order chi connectivity index (χ0) is 22.2. The molecule has 0 radical (unpaired) electrons. The van der Waals surface area contributed by atoms with Crippen LogP contribution in [-0.4, -0.2) is 37.7 Å². The number of rotatable bonds is 7. The van der Waals surface area contributed by atoms with Crippen LogP contribution < -0.4 is 25.1 Å². The maximum absolute atomic E-state index is 12.6. The van der Waals surface area contributed by atoms with Gasteiger partial charge >= 0.3 is 0 Å². The van der Waals surface area contributed by atoms with E-state index in [1.165, 1.54) is 27.4 Å². The van der Waals surface area contributed by atoms with E-state index in [2.05, 4.69) is 10.9 Å². The van der Waals surface area contributed by atoms with Crippen LogP contribution in [0.2, 0.25) is 0 Å². The highest BCUT2D eigenvalue weighted by Gasteiger charge is 2.13. The van der Waals surface area contributed by atoms with Crippen molar-refractivity contribution in [2.75, 3.05) is 21.3 Å². The molecule has 0 fully saturated rings. The Morgan fingerprint density at radius 2 is 1.48 bits per heavy atom. The predicted octanol–water partition coefficient (Wildman–Crippen LogP) is 2.98. The summed E-state index contributed by atoms with van der Waals surface area (Å²) in [6, 6.07) is 14.2. The summed E-state index contributed by atoms with van der Waals surface area (Å²) in [5.74, 6) is 0.567. The molecular weight excluding hydrogens is 398 g/mol. The standard InChI is InChI=1S/C23H23N3O5/c1-29-19-15-21(31-3)20(30-2)14-16(19)10-11-22(27)24-25-23(28)17-8-4-5-9-18(17)26-12-6-7-13-26/h4-15H,1-3H3,(H,24,27)(H,25,28)/b11-10+. The van der Waals surface area contributed by atoms with Crippen molar-refractivity contribution >= 4 is 17.9 Å². The first-order chi connectivity index (χ1) is 15.1. The molecule has 1 heterocycles. The monoisotopic (exact) mass is 421 g/mol. The number of amides is 2. The van der Waals surface area contributed by atoms with E-state index in [1.807, 2.05) is 41.2 Å². The first kappa shape index (κ1) is 21.5. The number of carbonyl (C=O) groups is 2. The van der Waals surface area contributed by atoms with E-state index in [0.29, 0.717) is 34.1 Å². The summed E-state index contributed by atoms with van der Waals surface area (Å²) < 4.78 is 17.7. The normalized spacial score (nSPS) is 10.5. The number of carbonyl (C=O) groups excluding carboxylic acids is 2. The van der Waals surface area contributed by atoms with Gasteiger partial charge in [-0.25, -0.2) is 0 Å². The van der Waals surface area contributed by atoms with Crippen molar-refractivity contribution in [2.24, 2.45) is 0 Å². The molecule has 0 saturated heterocycles. The van der Waals surface area contributed by atoms with E-state index in [-0.39, 0.29) is 0 Å². The SMILES string of the molecule is COc1cc(OC)c(OC)cc1/C=C/C(=O)NNC(=O)c1ccccc1-n1cccc1. The van der Waals surface area contributed by atoms with Gasteiger partial charge in [-0.3, -0.25) is 20.4 Å². The van der Waals surface area contributed by atoms with Crippen molar-refractivity contribution in [2.45, 2.75) is 0 Å². The second-order valence-corrected chi connectivity index (χ2v) is 6.33. The summed E-state index contributed by atoms with van der Waals surface area (Å²) in [5.41, 5.74) is 6.54. The lowest BCUT2D eigenvalue weighted by Gasteiger charge is -2.12. The van der Waals surface area contributed by atoms with Gasteiger partial charge in [0.1, 0.15) is 5.75 Å². The molecule has 31 heavy (non-hydrogen) atoms. The van der Waals surface area contributed by atoms with Gasteiger partial charge in [-0.2, -0.15) is 0 Å². The summed E-state index contributed by atoms with van der Waals surface area (Å²) >= 11 is 0. The molecule has 0 aliphatic heterocycles. The molecule has 0 atom stereocenters. The second kappa shape index (κ2) is 10.0. The van der Waals surface area contributed by atoms with Gasteiger partial charge in [0.2, 0.25) is 0 Å². The molecule has 0 spiro atoms. The maximum atomic E-state index is 12.6. The summed E-state index contributed by atoms with van der Waals surface area (Å²) in [4.78, 5) is 24.8. The summed E-state index contributed by atoms with van der Waals surface area (Å²) in [6.07, 6.45) is 6.51. The van der Waals surface area contributed by atoms with Gasteiger partial charge in [-0.05, 0) is 36.4 Å². The zero-order valence-electron chi connectivity index (χ0n) is 17.4. The molecule has 3 aromatic rings. The fourth-order valence-electron chi connectivity index (χ4n) is 2.96. The van der Waals surface area contributed by atoms with Crippen LogP contribution in [-0.2, 0) is 4.79 Å². The third kappa shape index (κ3) is 5.05. The van der Waals surface area contributed by atoms with Crippen LogP contribution in [0.1, 0.15) is 15.9 Å². The Labute approximate surface area is 180 Å². The van der Waals surface area contributed by atoms with Crippen molar-refractivity contribution < 1.29 is 23.8 Å². The number of para-hydroxylation sites is 1. The number of aromatic nitrogens is 1. The topological polar surface area (TPSA) is 90.8 Å². The molecule has 160 valence electrons. The molecule has 0 saturated carbocycles. The number of nitrogens with zero attached hydrogens (tertiary/aromatic N) is 1. The summed E-state index contributed by atoms with van der Waals surface area (Å²) in [6.45, 7) is 0. The number of hydrogen-bond donors (Lipinski definition) is 2. The Morgan fingerprint density at radius 1 is 0.839 bits per heavy atom. The predicted molar refractivity (Wildman–Crippen MR) is 117 cm³/mol. The highest BCUT2D eigenvalue weighted by molar-refractivity contribution is 6.00. The molecule has 0 bridgehead atoms. The van der Waals surface area contributed by atoms with Crippen LogP contribution in [0.15, 0.2) is 67.0 Å². The molecule has 0 aliphatic carbocycles. The molecule has 8 nitrogen and oxygen atoms in total. The largest absolute Gasteiger partial charge is 0.496 e. The molecule has 2 amide bonds. The number of benzene rings is 2. The average molecular weight is 421 g/mol. The van der Waals surface area contributed by atoms with Crippen molar-refractivity contribution in [3.8, 4) is 22.9 Å². The fraction of sp³-hybridized carbons (Fsp3) is 0.130. The van der Waals surface area contributed by atoms with Crippen LogP contribution in [0, 0.1) is 0 Å². The Morgan fingerprint density at radius 3 is 2.16 bits per heavy atom. The Hall–Kier alpha value is -4.20. The van der Waals surface area contributed by atoms with Crippen molar-refractivity contribution in [3.05, 3.63) is 78.1 Å². The van der Waals surface area contributed by atoms with E-state index in [4.69, 9.17) is 14.2 Å². The first-order valence-corrected chi connectivity index (χ1v) is 9.38. The number of hydrogen-bond acceptors (Lipinski definition) is 5. The zero-order valence-corrected chi connectivity index (χ0v) is 17.4. The van der Waals surface area contributed by atoms with Crippen molar-refractivity contribution in [1.29, 1.82) is 0 Å². The number of nitrogens with one attached hydrogen (secondary N) is 2. The van der Waals surface area contributed by atoms with Gasteiger partial charge in [-0.1, -0.05) is 12.1 Å². The molecule has 3 rings (SSSR count). The average Bonchev–Trinajstić information content (AvgIpc) is 3.35. The van der Waals surface area contributed by atoms with Gasteiger partial charge in [0, 0.05) is 30.1 Å². The lowest BCUT2D eigenvalue weighted by Crippen LogP contribution is -2.41. The lowest BCUT2D eigenvalue weighted by atomic mass is 10.1. The van der Waals surface area contributed by atoms with Crippen molar-refractivity contribution in [3.63, 3.8) is 0 Å². The molecule has 2 aromatic carbocycles. The van der Waals surface area contributed by atoms with Crippen LogP contribution in [0.25, 0.3) is 11.8 Å². The van der Waals surface area contributed by atoms with Crippen LogP contribution in [0.5, 0.6) is 17.2 Å². The van der Waals surface area contributed by atoms with Gasteiger partial charge in [0.25, 0.3) is 11.8 Å². The van der Waals surface area contributed by atoms with Crippen LogP contribution in [0.4, 0.5) is 0 Å². The van der Waals surface area contributed by atoms with E-state index < -0.39 is 11.8 Å². The van der Waals surface area contributed by atoms with E-state index >= 15 is 0 Å². The Kier molecular flexibility index (Phi) is 6.95. The maximum Gasteiger partial charge on any atom is 0.271 e. The van der Waals surface area contributed by atoms with Gasteiger partial charge < -0.3 is 18.8 Å². The quantitative estimate of drug-likeness (QED) is 0.452. The molecular formula is C23H23N3O5. The van der Waals surface area contributed by atoms with E-state index in [1.54, 1.807) is 30.3 Å². The highest BCUT2D eigenvalue weighted by Crippen LogP contribution is 2.35. The van der Waals surface area contributed by atoms with Gasteiger partial charge in [0.15, 0.2) is 11.5 Å². The fourth-order valence-corrected chi connectivity index (χ4v) is 2.96. The third-order valence-corrected chi connectivity index (χ3v) is 4.48. The van der Waals surface area contributed by atoms with Crippen LogP contribution in [0.3, 0.4) is 0 Å². The summed E-state index contributed by atoms with van der Waals surface area (Å²) in [5, 5.41) is 0. The Bertz CT molecular complexity index is 1090.